The largest absolute Gasteiger partial charge is 0.492 e. The number of hydrogen-bond donors (Lipinski definition) is 4. The fraction of sp³-hybridized carbons (Fsp3) is 0.200. The first kappa shape index (κ1) is 14.0. The standard InChI is InChI=1S/C15H16N6O/c16-4-8(5-17)13-9-2-1-3-22-14(9)12-10(6-18)15(19)20-7-11(12)21-13/h4-7,16,18H,1-3,17H2,(H2,19,20)/b8-5+,16-4?,18-6?. The van der Waals surface area contributed by atoms with Crippen LogP contribution in [0.4, 0.5) is 5.82 Å². The van der Waals surface area contributed by atoms with Crippen molar-refractivity contribution in [1.29, 1.82) is 10.8 Å². The van der Waals surface area contributed by atoms with E-state index >= 15 is 0 Å². The van der Waals surface area contributed by atoms with Gasteiger partial charge in [-0.05, 0) is 12.8 Å². The molecule has 0 aromatic carbocycles. The molecule has 0 atom stereocenters. The van der Waals surface area contributed by atoms with Gasteiger partial charge in [-0.2, -0.15) is 0 Å². The summed E-state index contributed by atoms with van der Waals surface area (Å²) in [4.78, 5) is 8.66. The van der Waals surface area contributed by atoms with Crippen molar-refractivity contribution in [1.82, 2.24) is 9.97 Å². The summed E-state index contributed by atoms with van der Waals surface area (Å²) in [6.07, 6.45) is 6.89. The molecule has 6 N–H and O–H groups in total. The van der Waals surface area contributed by atoms with E-state index in [0.29, 0.717) is 40.1 Å². The summed E-state index contributed by atoms with van der Waals surface area (Å²) in [5.74, 6) is 0.940. The molecule has 0 saturated heterocycles. The van der Waals surface area contributed by atoms with E-state index in [-0.39, 0.29) is 5.82 Å². The third-order valence-electron chi connectivity index (χ3n) is 3.72. The number of fused-ring (bicyclic) bond motifs is 3. The molecule has 0 radical (unpaired) electrons. The third-order valence-corrected chi connectivity index (χ3v) is 3.72. The predicted molar refractivity (Wildman–Crippen MR) is 86.6 cm³/mol. The first-order valence-corrected chi connectivity index (χ1v) is 6.88. The van der Waals surface area contributed by atoms with Gasteiger partial charge >= 0.3 is 0 Å². The third kappa shape index (κ3) is 1.98. The van der Waals surface area contributed by atoms with Crippen molar-refractivity contribution in [2.24, 2.45) is 5.73 Å². The minimum absolute atomic E-state index is 0.273. The van der Waals surface area contributed by atoms with Gasteiger partial charge in [-0.25, -0.2) is 9.97 Å². The van der Waals surface area contributed by atoms with Crippen LogP contribution < -0.4 is 16.2 Å². The van der Waals surface area contributed by atoms with Crippen LogP contribution >= 0.6 is 0 Å². The second-order valence-corrected chi connectivity index (χ2v) is 4.95. The molecule has 22 heavy (non-hydrogen) atoms. The van der Waals surface area contributed by atoms with Crippen LogP contribution in [0.5, 0.6) is 5.75 Å². The predicted octanol–water partition coefficient (Wildman–Crippen LogP) is 1.48. The van der Waals surface area contributed by atoms with E-state index in [9.17, 15) is 0 Å². The summed E-state index contributed by atoms with van der Waals surface area (Å²) in [6, 6.07) is 0. The number of aromatic nitrogens is 2. The number of nitrogens with zero attached hydrogens (tertiary/aromatic N) is 2. The minimum atomic E-state index is 0.273. The van der Waals surface area contributed by atoms with E-state index in [2.05, 4.69) is 9.97 Å². The van der Waals surface area contributed by atoms with Gasteiger partial charge in [0.15, 0.2) is 0 Å². The Bertz CT molecular complexity index is 812. The minimum Gasteiger partial charge on any atom is -0.492 e. The monoisotopic (exact) mass is 296 g/mol. The van der Waals surface area contributed by atoms with Crippen molar-refractivity contribution in [3.8, 4) is 5.75 Å². The van der Waals surface area contributed by atoms with Crippen LogP contribution in [-0.2, 0) is 6.42 Å². The van der Waals surface area contributed by atoms with Gasteiger partial charge in [0.2, 0.25) is 0 Å². The zero-order valence-electron chi connectivity index (χ0n) is 11.9. The van der Waals surface area contributed by atoms with Crippen LogP contribution in [-0.4, -0.2) is 29.0 Å². The SMILES string of the molecule is N=C/C(=C\N)c1nc2cnc(N)c(C=N)c2c2c1CCCO2. The highest BCUT2D eigenvalue weighted by Crippen LogP contribution is 2.38. The fourth-order valence-corrected chi connectivity index (χ4v) is 2.70. The van der Waals surface area contributed by atoms with Gasteiger partial charge in [-0.15, -0.1) is 0 Å². The molecule has 0 unspecified atom stereocenters. The van der Waals surface area contributed by atoms with Crippen LogP contribution in [0.3, 0.4) is 0 Å². The summed E-state index contributed by atoms with van der Waals surface area (Å²) >= 11 is 0. The maximum absolute atomic E-state index is 7.60. The van der Waals surface area contributed by atoms with Crippen molar-refractivity contribution < 1.29 is 4.74 Å². The molecule has 0 amide bonds. The maximum atomic E-state index is 7.60. The summed E-state index contributed by atoms with van der Waals surface area (Å²) in [5.41, 5.74) is 14.6. The molecule has 0 fully saturated rings. The Balaban J connectivity index is 2.45. The van der Waals surface area contributed by atoms with E-state index in [1.54, 1.807) is 6.20 Å². The molecule has 0 spiro atoms. The quantitative estimate of drug-likeness (QED) is 0.636. The maximum Gasteiger partial charge on any atom is 0.134 e. The number of pyridine rings is 2. The first-order valence-electron chi connectivity index (χ1n) is 6.88. The fourth-order valence-electron chi connectivity index (χ4n) is 2.70. The lowest BCUT2D eigenvalue weighted by Gasteiger charge is -2.23. The molecular weight excluding hydrogens is 280 g/mol. The number of ether oxygens (including phenoxy) is 1. The van der Waals surface area contributed by atoms with Crippen molar-refractivity contribution in [2.75, 3.05) is 12.3 Å². The number of anilines is 1. The molecule has 7 heteroatoms. The van der Waals surface area contributed by atoms with E-state index in [1.807, 2.05) is 0 Å². The first-order chi connectivity index (χ1) is 10.7. The number of nitrogens with one attached hydrogen (secondary N) is 2. The molecule has 7 nitrogen and oxygen atoms in total. The van der Waals surface area contributed by atoms with Crippen molar-refractivity contribution in [3.05, 3.63) is 29.2 Å². The molecule has 3 rings (SSSR count). The van der Waals surface area contributed by atoms with Crippen LogP contribution in [0.25, 0.3) is 16.5 Å². The van der Waals surface area contributed by atoms with Crippen molar-refractivity contribution in [2.45, 2.75) is 12.8 Å². The van der Waals surface area contributed by atoms with Gasteiger partial charge < -0.3 is 27.0 Å². The summed E-state index contributed by atoms with van der Waals surface area (Å²) in [5, 5.41) is 15.8. The Kier molecular flexibility index (Phi) is 3.46. The Morgan fingerprint density at radius 2 is 2.18 bits per heavy atom. The Morgan fingerprint density at radius 1 is 1.36 bits per heavy atom. The molecule has 0 saturated carbocycles. The lowest BCUT2D eigenvalue weighted by molar-refractivity contribution is 0.291. The highest BCUT2D eigenvalue weighted by Gasteiger charge is 2.23. The lowest BCUT2D eigenvalue weighted by atomic mass is 9.96. The summed E-state index contributed by atoms with van der Waals surface area (Å²) in [7, 11) is 0. The smallest absolute Gasteiger partial charge is 0.134 e. The Labute approximate surface area is 127 Å². The van der Waals surface area contributed by atoms with Crippen LogP contribution in [0.15, 0.2) is 12.4 Å². The van der Waals surface area contributed by atoms with Gasteiger partial charge in [0.05, 0.1) is 29.4 Å². The normalized spacial score (nSPS) is 14.3. The van der Waals surface area contributed by atoms with Gasteiger partial charge in [0, 0.05) is 35.3 Å². The highest BCUT2D eigenvalue weighted by molar-refractivity contribution is 6.11. The van der Waals surface area contributed by atoms with Gasteiger partial charge in [0.1, 0.15) is 11.6 Å². The summed E-state index contributed by atoms with van der Waals surface area (Å²) < 4.78 is 5.84. The molecule has 1 aliphatic rings. The van der Waals surface area contributed by atoms with Crippen LogP contribution in [0.1, 0.15) is 23.2 Å². The van der Waals surface area contributed by atoms with Gasteiger partial charge in [0.25, 0.3) is 0 Å². The lowest BCUT2D eigenvalue weighted by Crippen LogP contribution is -2.14. The molecule has 2 aromatic rings. The Morgan fingerprint density at radius 3 is 2.86 bits per heavy atom. The summed E-state index contributed by atoms with van der Waals surface area (Å²) in [6.45, 7) is 0.595. The average Bonchev–Trinajstić information content (AvgIpc) is 2.56. The van der Waals surface area contributed by atoms with Crippen LogP contribution in [0, 0.1) is 10.8 Å². The molecule has 0 aliphatic carbocycles. The molecular formula is C15H16N6O. The number of hydrogen-bond acceptors (Lipinski definition) is 7. The van der Waals surface area contributed by atoms with Crippen molar-refractivity contribution in [3.63, 3.8) is 0 Å². The molecule has 2 aromatic heterocycles. The van der Waals surface area contributed by atoms with Gasteiger partial charge in [-0.1, -0.05) is 0 Å². The van der Waals surface area contributed by atoms with E-state index < -0.39 is 0 Å². The number of nitrogens with two attached hydrogens (primary N) is 2. The van der Waals surface area contributed by atoms with Crippen molar-refractivity contribution >= 4 is 34.7 Å². The highest BCUT2D eigenvalue weighted by atomic mass is 16.5. The second-order valence-electron chi connectivity index (χ2n) is 4.95. The molecule has 0 bridgehead atoms. The molecule has 112 valence electrons. The zero-order chi connectivity index (χ0) is 15.7. The van der Waals surface area contributed by atoms with E-state index in [4.69, 9.17) is 27.0 Å². The van der Waals surface area contributed by atoms with Gasteiger partial charge in [-0.3, -0.25) is 0 Å². The average molecular weight is 296 g/mol. The zero-order valence-corrected chi connectivity index (χ0v) is 11.9. The number of rotatable bonds is 3. The van der Waals surface area contributed by atoms with E-state index in [0.717, 1.165) is 18.4 Å². The topological polar surface area (TPSA) is 135 Å². The number of nitrogen functional groups attached to an aromatic ring is 1. The molecule has 1 aliphatic heterocycles. The Hall–Kier alpha value is -2.96. The number of allylic oxidation sites excluding steroid dienone is 1. The van der Waals surface area contributed by atoms with Crippen LogP contribution in [0.2, 0.25) is 0 Å². The molecule has 3 heterocycles. The second kappa shape index (κ2) is 5.44. The van der Waals surface area contributed by atoms with E-state index in [1.165, 1.54) is 18.6 Å².